The van der Waals surface area contributed by atoms with Crippen molar-refractivity contribution in [2.75, 3.05) is 52.2 Å². The molecular weight excluding hydrogens is 268 g/mol. The molecule has 0 unspecified atom stereocenters. The summed E-state index contributed by atoms with van der Waals surface area (Å²) in [5.41, 5.74) is 5.87. The lowest BCUT2D eigenvalue weighted by atomic mass is 10.4. The number of hydrogen-bond acceptors (Lipinski definition) is 4. The third-order valence-electron chi connectivity index (χ3n) is 3.08. The zero-order chi connectivity index (χ0) is 14.3. The second-order valence-electron chi connectivity index (χ2n) is 4.41. The van der Waals surface area contributed by atoms with Crippen molar-refractivity contribution in [3.8, 4) is 0 Å². The molecule has 112 valence electrons. The van der Waals surface area contributed by atoms with Crippen LogP contribution in [0.1, 0.15) is 13.3 Å². The van der Waals surface area contributed by atoms with Crippen LogP contribution in [-0.2, 0) is 14.8 Å². The van der Waals surface area contributed by atoms with E-state index in [9.17, 15) is 8.42 Å². The first-order chi connectivity index (χ1) is 8.97. The van der Waals surface area contributed by atoms with E-state index in [0.717, 1.165) is 13.1 Å². The highest BCUT2D eigenvalue weighted by atomic mass is 32.2. The van der Waals surface area contributed by atoms with Gasteiger partial charge >= 0.3 is 0 Å². The Balaban J connectivity index is 2.29. The average Bonchev–Trinajstić information content (AvgIpc) is 2.43. The van der Waals surface area contributed by atoms with Gasteiger partial charge in [-0.25, -0.2) is 12.7 Å². The molecule has 1 heterocycles. The van der Waals surface area contributed by atoms with E-state index in [2.05, 4.69) is 4.99 Å². The molecule has 0 saturated carbocycles. The Kier molecular flexibility index (Phi) is 6.53. The van der Waals surface area contributed by atoms with Crippen LogP contribution in [0.25, 0.3) is 0 Å². The Labute approximate surface area is 115 Å². The lowest BCUT2D eigenvalue weighted by Crippen LogP contribution is -2.44. The van der Waals surface area contributed by atoms with Crippen molar-refractivity contribution in [3.05, 3.63) is 0 Å². The number of ether oxygens (including phenoxy) is 1. The summed E-state index contributed by atoms with van der Waals surface area (Å²) in [7, 11) is -1.50. The Morgan fingerprint density at radius 2 is 2.05 bits per heavy atom. The van der Waals surface area contributed by atoms with Crippen LogP contribution in [0.15, 0.2) is 4.99 Å². The van der Waals surface area contributed by atoms with Crippen molar-refractivity contribution in [2.24, 2.45) is 10.7 Å². The van der Waals surface area contributed by atoms with Crippen molar-refractivity contribution in [1.29, 1.82) is 0 Å². The minimum absolute atomic E-state index is 0.128. The minimum Gasteiger partial charge on any atom is -0.378 e. The summed E-state index contributed by atoms with van der Waals surface area (Å²) < 4.78 is 29.6. The standard InChI is InChI=1S/C11H24N4O3S/c1-3-19(16,17)14(2)6-4-5-13-11(12)15-7-9-18-10-8-15/h3-10H2,1-2H3,(H2,12,13). The van der Waals surface area contributed by atoms with Gasteiger partial charge in [0, 0.05) is 33.2 Å². The van der Waals surface area contributed by atoms with Crippen molar-refractivity contribution >= 4 is 16.0 Å². The first-order valence-corrected chi connectivity index (χ1v) is 8.15. The molecule has 1 rings (SSSR count). The first-order valence-electron chi connectivity index (χ1n) is 6.54. The highest BCUT2D eigenvalue weighted by Gasteiger charge is 2.14. The second kappa shape index (κ2) is 7.66. The van der Waals surface area contributed by atoms with Crippen molar-refractivity contribution in [2.45, 2.75) is 13.3 Å². The highest BCUT2D eigenvalue weighted by molar-refractivity contribution is 7.89. The van der Waals surface area contributed by atoms with E-state index in [4.69, 9.17) is 10.5 Å². The van der Waals surface area contributed by atoms with Gasteiger partial charge in [-0.2, -0.15) is 0 Å². The van der Waals surface area contributed by atoms with Crippen LogP contribution in [0.4, 0.5) is 0 Å². The Hall–Kier alpha value is -0.860. The van der Waals surface area contributed by atoms with Gasteiger partial charge in [0.25, 0.3) is 0 Å². The van der Waals surface area contributed by atoms with Gasteiger partial charge in [-0.3, -0.25) is 4.99 Å². The van der Waals surface area contributed by atoms with Gasteiger partial charge in [0.05, 0.1) is 19.0 Å². The van der Waals surface area contributed by atoms with E-state index < -0.39 is 10.0 Å². The molecule has 2 N–H and O–H groups in total. The minimum atomic E-state index is -3.09. The highest BCUT2D eigenvalue weighted by Crippen LogP contribution is 2.00. The van der Waals surface area contributed by atoms with Crippen LogP contribution in [-0.4, -0.2) is 75.8 Å². The smallest absolute Gasteiger partial charge is 0.213 e. The molecule has 19 heavy (non-hydrogen) atoms. The fourth-order valence-electron chi connectivity index (χ4n) is 1.74. The maximum Gasteiger partial charge on any atom is 0.213 e. The topological polar surface area (TPSA) is 88.2 Å². The Morgan fingerprint density at radius 1 is 1.42 bits per heavy atom. The molecular formula is C11H24N4O3S. The van der Waals surface area contributed by atoms with Gasteiger partial charge in [0.2, 0.25) is 10.0 Å². The molecule has 0 aromatic heterocycles. The van der Waals surface area contributed by atoms with Gasteiger partial charge in [0.1, 0.15) is 0 Å². The predicted molar refractivity (Wildman–Crippen MR) is 75.6 cm³/mol. The van der Waals surface area contributed by atoms with E-state index in [0.29, 0.717) is 38.7 Å². The molecule has 0 aromatic carbocycles. The third kappa shape index (κ3) is 5.33. The Morgan fingerprint density at radius 3 is 2.63 bits per heavy atom. The lowest BCUT2D eigenvalue weighted by Gasteiger charge is -2.27. The molecule has 0 aromatic rings. The molecule has 1 saturated heterocycles. The quantitative estimate of drug-likeness (QED) is 0.397. The average molecular weight is 292 g/mol. The van der Waals surface area contributed by atoms with Crippen LogP contribution in [0.3, 0.4) is 0 Å². The predicted octanol–water partition coefficient (Wildman–Crippen LogP) is -0.695. The first kappa shape index (κ1) is 16.2. The summed E-state index contributed by atoms with van der Waals surface area (Å²) in [6.45, 7) is 5.52. The SMILES string of the molecule is CCS(=O)(=O)N(C)CCCN=C(N)N1CCOCC1. The molecule has 0 atom stereocenters. The number of morpholine rings is 1. The fourth-order valence-corrected chi connectivity index (χ4v) is 2.59. The molecule has 1 fully saturated rings. The summed E-state index contributed by atoms with van der Waals surface area (Å²) >= 11 is 0. The normalized spacial score (nSPS) is 18.1. The number of nitrogens with zero attached hydrogens (tertiary/aromatic N) is 3. The molecule has 1 aliphatic rings. The summed E-state index contributed by atoms with van der Waals surface area (Å²) in [6.07, 6.45) is 0.667. The van der Waals surface area contributed by atoms with E-state index in [1.807, 2.05) is 4.90 Å². The van der Waals surface area contributed by atoms with Gasteiger partial charge < -0.3 is 15.4 Å². The second-order valence-corrected chi connectivity index (χ2v) is 6.78. The molecule has 0 aliphatic carbocycles. The van der Waals surface area contributed by atoms with Gasteiger partial charge in [0.15, 0.2) is 5.96 Å². The molecule has 0 spiro atoms. The van der Waals surface area contributed by atoms with Gasteiger partial charge in [-0.1, -0.05) is 0 Å². The number of hydrogen-bond donors (Lipinski definition) is 1. The third-order valence-corrected chi connectivity index (χ3v) is 4.94. The molecule has 0 bridgehead atoms. The number of aliphatic imine (C=N–C) groups is 1. The molecule has 0 amide bonds. The van der Waals surface area contributed by atoms with Gasteiger partial charge in [-0.05, 0) is 13.3 Å². The molecule has 0 radical (unpaired) electrons. The summed E-state index contributed by atoms with van der Waals surface area (Å²) in [6, 6.07) is 0. The monoisotopic (exact) mass is 292 g/mol. The molecule has 1 aliphatic heterocycles. The van der Waals surface area contributed by atoms with Crippen LogP contribution >= 0.6 is 0 Å². The Bertz CT molecular complexity index is 391. The zero-order valence-electron chi connectivity index (χ0n) is 11.7. The molecule has 7 nitrogen and oxygen atoms in total. The number of guanidine groups is 1. The fraction of sp³-hybridized carbons (Fsp3) is 0.909. The van der Waals surface area contributed by atoms with Crippen molar-refractivity contribution in [3.63, 3.8) is 0 Å². The summed E-state index contributed by atoms with van der Waals surface area (Å²) in [5, 5.41) is 0. The molecule has 8 heteroatoms. The lowest BCUT2D eigenvalue weighted by molar-refractivity contribution is 0.0674. The van der Waals surface area contributed by atoms with Crippen molar-refractivity contribution < 1.29 is 13.2 Å². The summed E-state index contributed by atoms with van der Waals surface area (Å²) in [5.74, 6) is 0.646. The van der Waals surface area contributed by atoms with Crippen molar-refractivity contribution in [1.82, 2.24) is 9.21 Å². The zero-order valence-corrected chi connectivity index (χ0v) is 12.5. The largest absolute Gasteiger partial charge is 0.378 e. The van der Waals surface area contributed by atoms with Crippen LogP contribution < -0.4 is 5.73 Å². The summed E-state index contributed by atoms with van der Waals surface area (Å²) in [4.78, 5) is 6.25. The van der Waals surface area contributed by atoms with Crippen LogP contribution in [0, 0.1) is 0 Å². The number of nitrogens with two attached hydrogens (primary N) is 1. The van der Waals surface area contributed by atoms with Gasteiger partial charge in [-0.15, -0.1) is 0 Å². The maximum atomic E-state index is 11.5. The maximum absolute atomic E-state index is 11.5. The number of rotatable bonds is 6. The number of sulfonamides is 1. The van der Waals surface area contributed by atoms with E-state index in [1.165, 1.54) is 4.31 Å². The van der Waals surface area contributed by atoms with E-state index in [-0.39, 0.29) is 5.75 Å². The van der Waals surface area contributed by atoms with E-state index >= 15 is 0 Å². The van der Waals surface area contributed by atoms with Crippen LogP contribution in [0.5, 0.6) is 0 Å². The van der Waals surface area contributed by atoms with E-state index in [1.54, 1.807) is 14.0 Å². The van der Waals surface area contributed by atoms with Crippen LogP contribution in [0.2, 0.25) is 0 Å².